The minimum atomic E-state index is 0.366. The van der Waals surface area contributed by atoms with Crippen LogP contribution in [-0.2, 0) is 0 Å². The molecule has 2 aromatic rings. The highest BCUT2D eigenvalue weighted by molar-refractivity contribution is 7.99. The summed E-state index contributed by atoms with van der Waals surface area (Å²) in [6.45, 7) is 6.76. The van der Waals surface area contributed by atoms with E-state index in [1.807, 2.05) is 11.8 Å². The van der Waals surface area contributed by atoms with Crippen LogP contribution in [0.4, 0.5) is 5.69 Å². The Hall–Kier alpha value is -1.41. The van der Waals surface area contributed by atoms with Crippen molar-refractivity contribution in [3.8, 4) is 0 Å². The Labute approximate surface area is 133 Å². The molecule has 0 aliphatic heterocycles. The third-order valence-electron chi connectivity index (χ3n) is 3.43. The third-order valence-corrected chi connectivity index (χ3v) is 4.38. The second-order valence-electron chi connectivity index (χ2n) is 5.67. The minimum absolute atomic E-state index is 0.366. The van der Waals surface area contributed by atoms with Crippen molar-refractivity contribution >= 4 is 17.4 Å². The highest BCUT2D eigenvalue weighted by Crippen LogP contribution is 2.32. The summed E-state index contributed by atoms with van der Waals surface area (Å²) in [5.74, 6) is 1.76. The minimum Gasteiger partial charge on any atom is -0.377 e. The Morgan fingerprint density at radius 2 is 1.62 bits per heavy atom. The van der Waals surface area contributed by atoms with E-state index < -0.39 is 0 Å². The van der Waals surface area contributed by atoms with Crippen LogP contribution in [0.2, 0.25) is 0 Å². The average molecular weight is 299 g/mol. The lowest BCUT2D eigenvalue weighted by Crippen LogP contribution is -2.13. The quantitative estimate of drug-likeness (QED) is 0.629. The van der Waals surface area contributed by atoms with Crippen LogP contribution < -0.4 is 5.32 Å². The third kappa shape index (κ3) is 4.82. The number of para-hydroxylation sites is 1. The Morgan fingerprint density at radius 3 is 2.29 bits per heavy atom. The molecule has 0 saturated heterocycles. The largest absolute Gasteiger partial charge is 0.377 e. The highest BCUT2D eigenvalue weighted by atomic mass is 32.2. The molecule has 1 atom stereocenters. The molecule has 0 amide bonds. The number of anilines is 1. The normalized spacial score (nSPS) is 12.4. The van der Waals surface area contributed by atoms with Gasteiger partial charge in [0.2, 0.25) is 0 Å². The van der Waals surface area contributed by atoms with Crippen molar-refractivity contribution in [2.45, 2.75) is 38.1 Å². The molecule has 1 nitrogen and oxygen atoms in total. The van der Waals surface area contributed by atoms with Gasteiger partial charge < -0.3 is 5.32 Å². The fraction of sp³-hybridized carbons (Fsp3) is 0.368. The Bertz CT molecular complexity index is 536. The van der Waals surface area contributed by atoms with Crippen LogP contribution in [0.3, 0.4) is 0 Å². The van der Waals surface area contributed by atoms with Crippen LogP contribution in [0, 0.1) is 5.92 Å². The van der Waals surface area contributed by atoms with Crippen LogP contribution in [0.25, 0.3) is 0 Å². The number of rotatable bonds is 7. The molecule has 0 aliphatic rings. The maximum atomic E-state index is 3.76. The van der Waals surface area contributed by atoms with Gasteiger partial charge in [-0.3, -0.25) is 0 Å². The van der Waals surface area contributed by atoms with Gasteiger partial charge in [0.25, 0.3) is 0 Å². The van der Waals surface area contributed by atoms with Crippen molar-refractivity contribution in [1.29, 1.82) is 0 Å². The van der Waals surface area contributed by atoms with Crippen LogP contribution in [0.15, 0.2) is 59.5 Å². The smallest absolute Gasteiger partial charge is 0.0516 e. The van der Waals surface area contributed by atoms with Gasteiger partial charge in [-0.15, -0.1) is 11.8 Å². The van der Waals surface area contributed by atoms with Crippen molar-refractivity contribution in [3.05, 3.63) is 60.2 Å². The number of benzene rings is 2. The lowest BCUT2D eigenvalue weighted by atomic mass is 9.97. The van der Waals surface area contributed by atoms with Crippen molar-refractivity contribution in [2.75, 3.05) is 11.1 Å². The standard InChI is InChI=1S/C19H25NS/c1-4-21-19-13-9-8-12-17(19)20-18(14-15(2)3)16-10-6-5-7-11-16/h5-13,15,18,20H,4,14H2,1-3H3. The summed E-state index contributed by atoms with van der Waals surface area (Å²) >= 11 is 1.90. The van der Waals surface area contributed by atoms with Gasteiger partial charge in [-0.2, -0.15) is 0 Å². The molecule has 0 aromatic heterocycles. The average Bonchev–Trinajstić information content (AvgIpc) is 2.49. The fourth-order valence-corrected chi connectivity index (χ4v) is 3.26. The zero-order chi connectivity index (χ0) is 15.1. The van der Waals surface area contributed by atoms with Gasteiger partial charge in [0.1, 0.15) is 0 Å². The summed E-state index contributed by atoms with van der Waals surface area (Å²) in [6, 6.07) is 19.7. The second kappa shape index (κ2) is 8.14. The first-order valence-corrected chi connectivity index (χ1v) is 8.72. The number of nitrogens with one attached hydrogen (secondary N) is 1. The van der Waals surface area contributed by atoms with E-state index in [9.17, 15) is 0 Å². The molecule has 21 heavy (non-hydrogen) atoms. The molecule has 2 rings (SSSR count). The lowest BCUT2D eigenvalue weighted by Gasteiger charge is -2.23. The van der Waals surface area contributed by atoms with Gasteiger partial charge in [0.05, 0.1) is 6.04 Å². The first-order chi connectivity index (χ1) is 10.2. The highest BCUT2D eigenvalue weighted by Gasteiger charge is 2.14. The number of hydrogen-bond acceptors (Lipinski definition) is 2. The SMILES string of the molecule is CCSc1ccccc1NC(CC(C)C)c1ccccc1. The van der Waals surface area contributed by atoms with E-state index in [1.165, 1.54) is 16.1 Å². The summed E-state index contributed by atoms with van der Waals surface area (Å²) in [5, 5.41) is 3.76. The van der Waals surface area contributed by atoms with Gasteiger partial charge in [-0.1, -0.05) is 63.2 Å². The topological polar surface area (TPSA) is 12.0 Å². The van der Waals surface area contributed by atoms with E-state index in [2.05, 4.69) is 80.7 Å². The van der Waals surface area contributed by atoms with Crippen molar-refractivity contribution < 1.29 is 0 Å². The maximum Gasteiger partial charge on any atom is 0.0516 e. The summed E-state index contributed by atoms with van der Waals surface area (Å²) in [4.78, 5) is 1.34. The van der Waals surface area contributed by atoms with Gasteiger partial charge in [-0.25, -0.2) is 0 Å². The predicted molar refractivity (Wildman–Crippen MR) is 95.1 cm³/mol. The Morgan fingerprint density at radius 1 is 0.952 bits per heavy atom. The van der Waals surface area contributed by atoms with Crippen molar-refractivity contribution in [2.24, 2.45) is 5.92 Å². The molecule has 0 aliphatic carbocycles. The Balaban J connectivity index is 2.23. The summed E-state index contributed by atoms with van der Waals surface area (Å²) < 4.78 is 0. The Kier molecular flexibility index (Phi) is 6.19. The molecule has 0 spiro atoms. The van der Waals surface area contributed by atoms with E-state index in [4.69, 9.17) is 0 Å². The van der Waals surface area contributed by atoms with E-state index in [-0.39, 0.29) is 0 Å². The molecule has 0 heterocycles. The van der Waals surface area contributed by atoms with Crippen LogP contribution in [-0.4, -0.2) is 5.75 Å². The summed E-state index contributed by atoms with van der Waals surface area (Å²) in [7, 11) is 0. The van der Waals surface area contributed by atoms with Gasteiger partial charge in [0, 0.05) is 10.6 Å². The predicted octanol–water partition coefficient (Wildman–Crippen LogP) is 6.00. The maximum absolute atomic E-state index is 3.76. The van der Waals surface area contributed by atoms with Crippen LogP contribution in [0.5, 0.6) is 0 Å². The molecule has 2 aromatic carbocycles. The molecule has 1 unspecified atom stereocenters. The van der Waals surface area contributed by atoms with Gasteiger partial charge >= 0.3 is 0 Å². The molecule has 2 heteroatoms. The molecule has 0 saturated carbocycles. The number of hydrogen-bond donors (Lipinski definition) is 1. The van der Waals surface area contributed by atoms with E-state index in [0.29, 0.717) is 12.0 Å². The molecule has 0 fully saturated rings. The monoisotopic (exact) mass is 299 g/mol. The first-order valence-electron chi connectivity index (χ1n) is 7.74. The number of thioether (sulfide) groups is 1. The lowest BCUT2D eigenvalue weighted by molar-refractivity contribution is 0.530. The molecule has 0 bridgehead atoms. The van der Waals surface area contributed by atoms with E-state index in [1.54, 1.807) is 0 Å². The molecule has 0 radical (unpaired) electrons. The zero-order valence-corrected chi connectivity index (χ0v) is 14.0. The second-order valence-corrected chi connectivity index (χ2v) is 6.97. The van der Waals surface area contributed by atoms with Crippen molar-refractivity contribution in [1.82, 2.24) is 0 Å². The summed E-state index contributed by atoms with van der Waals surface area (Å²) in [6.07, 6.45) is 1.13. The van der Waals surface area contributed by atoms with E-state index >= 15 is 0 Å². The zero-order valence-electron chi connectivity index (χ0n) is 13.2. The van der Waals surface area contributed by atoms with Crippen LogP contribution >= 0.6 is 11.8 Å². The van der Waals surface area contributed by atoms with Gasteiger partial charge in [0.15, 0.2) is 0 Å². The molecule has 112 valence electrons. The van der Waals surface area contributed by atoms with Gasteiger partial charge in [-0.05, 0) is 35.8 Å². The fourth-order valence-electron chi connectivity index (χ4n) is 2.49. The molecular formula is C19H25NS. The summed E-state index contributed by atoms with van der Waals surface area (Å²) in [5.41, 5.74) is 2.61. The van der Waals surface area contributed by atoms with Crippen LogP contribution in [0.1, 0.15) is 38.8 Å². The molecule has 1 N–H and O–H groups in total. The van der Waals surface area contributed by atoms with E-state index in [0.717, 1.165) is 12.2 Å². The first kappa shape index (κ1) is 16.0. The molecular weight excluding hydrogens is 274 g/mol. The van der Waals surface area contributed by atoms with Crippen molar-refractivity contribution in [3.63, 3.8) is 0 Å².